The number of aliphatic imine (C=N–C) groups is 1. The van der Waals surface area contributed by atoms with Gasteiger partial charge < -0.3 is 20.7 Å². The molecule has 1 fully saturated rings. The van der Waals surface area contributed by atoms with Gasteiger partial charge in [-0.3, -0.25) is 14.7 Å². The highest BCUT2D eigenvalue weighted by Gasteiger charge is 2.23. The summed E-state index contributed by atoms with van der Waals surface area (Å²) in [7, 11) is 1.69. The second-order valence-corrected chi connectivity index (χ2v) is 8.68. The Morgan fingerprint density at radius 1 is 1.10 bits per heavy atom. The third-order valence-electron chi connectivity index (χ3n) is 5.23. The van der Waals surface area contributed by atoms with Crippen LogP contribution in [0, 0.1) is 5.41 Å². The van der Waals surface area contributed by atoms with E-state index in [1.165, 1.54) is 18.4 Å². The normalized spacial score (nSPS) is 15.7. The molecule has 8 heteroatoms. The number of benzene rings is 1. The topological polar surface area (TPSA) is 78.0 Å². The number of likely N-dealkylation sites (tertiary alicyclic amines) is 1. The van der Waals surface area contributed by atoms with Crippen LogP contribution >= 0.6 is 24.0 Å². The van der Waals surface area contributed by atoms with Crippen LogP contribution in [0.4, 0.5) is 0 Å². The number of ether oxygens (including phenoxy) is 1. The lowest BCUT2D eigenvalue weighted by Gasteiger charge is -2.27. The van der Waals surface area contributed by atoms with Gasteiger partial charge in [0.2, 0.25) is 5.91 Å². The molecule has 1 aliphatic heterocycles. The van der Waals surface area contributed by atoms with Crippen molar-refractivity contribution in [2.75, 3.05) is 46.4 Å². The summed E-state index contributed by atoms with van der Waals surface area (Å²) in [5, 5.41) is 9.60. The van der Waals surface area contributed by atoms with Gasteiger partial charge in [0.15, 0.2) is 5.96 Å². The maximum absolute atomic E-state index is 12.0. The van der Waals surface area contributed by atoms with Crippen LogP contribution in [-0.2, 0) is 4.79 Å². The van der Waals surface area contributed by atoms with Crippen molar-refractivity contribution in [3.8, 4) is 5.75 Å². The second kappa shape index (κ2) is 13.8. The lowest BCUT2D eigenvalue weighted by molar-refractivity contribution is -0.128. The predicted octanol–water partition coefficient (Wildman–Crippen LogP) is 3.17. The van der Waals surface area contributed by atoms with E-state index < -0.39 is 0 Å². The lowest BCUT2D eigenvalue weighted by Crippen LogP contribution is -2.43. The average molecular weight is 546 g/mol. The molecule has 1 atom stereocenters. The fourth-order valence-electron chi connectivity index (χ4n) is 3.45. The van der Waals surface area contributed by atoms with Crippen molar-refractivity contribution in [1.29, 1.82) is 0 Å². The third-order valence-corrected chi connectivity index (χ3v) is 5.23. The van der Waals surface area contributed by atoms with Gasteiger partial charge in [-0.2, -0.15) is 0 Å². The number of nitrogens with one attached hydrogen (secondary N) is 3. The Balaban J connectivity index is 0.00000480. The molecule has 31 heavy (non-hydrogen) atoms. The highest BCUT2D eigenvalue weighted by Crippen LogP contribution is 2.27. The highest BCUT2D eigenvalue weighted by molar-refractivity contribution is 14.0. The Morgan fingerprint density at radius 3 is 2.26 bits per heavy atom. The van der Waals surface area contributed by atoms with E-state index in [4.69, 9.17) is 9.73 Å². The molecular weight excluding hydrogens is 505 g/mol. The van der Waals surface area contributed by atoms with Crippen molar-refractivity contribution in [3.05, 3.63) is 29.8 Å². The smallest absolute Gasteiger partial charge is 0.225 e. The van der Waals surface area contributed by atoms with E-state index in [9.17, 15) is 4.79 Å². The van der Waals surface area contributed by atoms with Crippen molar-refractivity contribution in [3.63, 3.8) is 0 Å². The largest absolute Gasteiger partial charge is 0.497 e. The number of methoxy groups -OCH3 is 1. The first kappa shape index (κ1) is 27.5. The van der Waals surface area contributed by atoms with Crippen LogP contribution in [0.3, 0.4) is 0 Å². The SMILES string of the molecule is CCNC(=NCC(c1ccc(OC)cc1)N1CCCC1)NCCNC(=O)C(C)(C)C.I. The van der Waals surface area contributed by atoms with E-state index >= 15 is 0 Å². The molecule has 1 heterocycles. The summed E-state index contributed by atoms with van der Waals surface area (Å²) in [4.78, 5) is 19.4. The maximum Gasteiger partial charge on any atom is 0.225 e. The zero-order valence-corrected chi connectivity index (χ0v) is 22.0. The molecule has 0 saturated carbocycles. The first-order chi connectivity index (χ1) is 14.3. The first-order valence-electron chi connectivity index (χ1n) is 11.0. The van der Waals surface area contributed by atoms with Gasteiger partial charge in [0.25, 0.3) is 0 Å². The minimum absolute atomic E-state index is 0. The molecule has 0 aromatic heterocycles. The summed E-state index contributed by atoms with van der Waals surface area (Å²) >= 11 is 0. The molecule has 1 aromatic rings. The number of hydrogen-bond donors (Lipinski definition) is 3. The molecular formula is C23H40IN5O2. The van der Waals surface area contributed by atoms with Crippen molar-refractivity contribution in [2.45, 2.75) is 46.6 Å². The number of guanidine groups is 1. The first-order valence-corrected chi connectivity index (χ1v) is 11.0. The molecule has 1 saturated heterocycles. The summed E-state index contributed by atoms with van der Waals surface area (Å²) in [6, 6.07) is 8.56. The zero-order valence-electron chi connectivity index (χ0n) is 19.7. The van der Waals surface area contributed by atoms with Crippen LogP contribution in [0.15, 0.2) is 29.3 Å². The molecule has 7 nitrogen and oxygen atoms in total. The number of carbonyl (C=O) groups is 1. The van der Waals surface area contributed by atoms with Crippen LogP contribution in [0.25, 0.3) is 0 Å². The van der Waals surface area contributed by atoms with E-state index in [1.54, 1.807) is 7.11 Å². The molecule has 0 spiro atoms. The standard InChI is InChI=1S/C23H39N5O2.HI/c1-6-24-22(26-14-13-25-21(29)23(2,3)4)27-17-20(28-15-7-8-16-28)18-9-11-19(30-5)12-10-18;/h9-12,20H,6-8,13-17H2,1-5H3,(H,25,29)(H2,24,26,27);1H. The number of nitrogens with zero attached hydrogens (tertiary/aromatic N) is 2. The molecule has 1 aliphatic rings. The van der Waals surface area contributed by atoms with Crippen LogP contribution in [0.2, 0.25) is 0 Å². The fraction of sp³-hybridized carbons (Fsp3) is 0.652. The Bertz CT molecular complexity index is 682. The minimum Gasteiger partial charge on any atom is -0.497 e. The Hall–Kier alpha value is -1.55. The van der Waals surface area contributed by atoms with Crippen LogP contribution in [0.1, 0.15) is 52.1 Å². The van der Waals surface area contributed by atoms with Gasteiger partial charge in [0.05, 0.1) is 19.7 Å². The summed E-state index contributed by atoms with van der Waals surface area (Å²) in [6.45, 7) is 12.7. The lowest BCUT2D eigenvalue weighted by atomic mass is 9.96. The van der Waals surface area contributed by atoms with Crippen molar-refractivity contribution in [2.24, 2.45) is 10.4 Å². The third kappa shape index (κ3) is 9.22. The van der Waals surface area contributed by atoms with Crippen molar-refractivity contribution >= 4 is 35.8 Å². The quantitative estimate of drug-likeness (QED) is 0.192. The predicted molar refractivity (Wildman–Crippen MR) is 138 cm³/mol. The summed E-state index contributed by atoms with van der Waals surface area (Å²) in [6.07, 6.45) is 2.48. The van der Waals surface area contributed by atoms with Gasteiger partial charge in [-0.25, -0.2) is 0 Å². The Labute approximate surface area is 204 Å². The van der Waals surface area contributed by atoms with E-state index in [2.05, 4.69) is 39.9 Å². The molecule has 1 amide bonds. The molecule has 0 aliphatic carbocycles. The van der Waals surface area contributed by atoms with Crippen LogP contribution in [0.5, 0.6) is 5.75 Å². The number of rotatable bonds is 9. The molecule has 1 aromatic carbocycles. The van der Waals surface area contributed by atoms with E-state index in [0.717, 1.165) is 31.3 Å². The minimum atomic E-state index is -0.375. The monoisotopic (exact) mass is 545 g/mol. The highest BCUT2D eigenvalue weighted by atomic mass is 127. The number of halogens is 1. The maximum atomic E-state index is 12.0. The number of hydrogen-bond acceptors (Lipinski definition) is 4. The summed E-state index contributed by atoms with van der Waals surface area (Å²) < 4.78 is 5.31. The Kier molecular flexibility index (Phi) is 12.2. The molecule has 3 N–H and O–H groups in total. The Morgan fingerprint density at radius 2 is 1.71 bits per heavy atom. The summed E-state index contributed by atoms with van der Waals surface area (Å²) in [5.74, 6) is 1.70. The zero-order chi connectivity index (χ0) is 22.0. The number of carbonyl (C=O) groups excluding carboxylic acids is 1. The molecule has 176 valence electrons. The van der Waals surface area contributed by atoms with Gasteiger partial charge in [-0.05, 0) is 50.6 Å². The van der Waals surface area contributed by atoms with Crippen molar-refractivity contribution < 1.29 is 9.53 Å². The van der Waals surface area contributed by atoms with E-state index in [-0.39, 0.29) is 41.3 Å². The molecule has 1 unspecified atom stereocenters. The van der Waals surface area contributed by atoms with Gasteiger partial charge >= 0.3 is 0 Å². The van der Waals surface area contributed by atoms with Gasteiger partial charge in [0.1, 0.15) is 5.75 Å². The van der Waals surface area contributed by atoms with Gasteiger partial charge in [0, 0.05) is 25.0 Å². The molecule has 0 radical (unpaired) electrons. The second-order valence-electron chi connectivity index (χ2n) is 8.68. The molecule has 2 rings (SSSR count). The van der Waals surface area contributed by atoms with E-state index in [0.29, 0.717) is 19.6 Å². The van der Waals surface area contributed by atoms with Crippen LogP contribution < -0.4 is 20.7 Å². The average Bonchev–Trinajstić information content (AvgIpc) is 3.25. The van der Waals surface area contributed by atoms with Gasteiger partial charge in [-0.15, -0.1) is 24.0 Å². The summed E-state index contributed by atoms with van der Waals surface area (Å²) in [5.41, 5.74) is 0.884. The fourth-order valence-corrected chi connectivity index (χ4v) is 3.45. The number of amides is 1. The molecule has 0 bridgehead atoms. The van der Waals surface area contributed by atoms with Crippen LogP contribution in [-0.4, -0.2) is 63.1 Å². The van der Waals surface area contributed by atoms with Crippen molar-refractivity contribution in [1.82, 2.24) is 20.9 Å². The van der Waals surface area contributed by atoms with Gasteiger partial charge in [-0.1, -0.05) is 32.9 Å². The van der Waals surface area contributed by atoms with E-state index in [1.807, 2.05) is 32.9 Å².